The van der Waals surface area contributed by atoms with Gasteiger partial charge in [-0.15, -0.1) is 0 Å². The van der Waals surface area contributed by atoms with E-state index in [4.69, 9.17) is 4.74 Å². The lowest BCUT2D eigenvalue weighted by molar-refractivity contribution is -0.115. The summed E-state index contributed by atoms with van der Waals surface area (Å²) in [6.45, 7) is 6.10. The van der Waals surface area contributed by atoms with Crippen LogP contribution in [0.4, 0.5) is 5.69 Å². The average Bonchev–Trinajstić information content (AvgIpc) is 2.73. The molecule has 0 heterocycles. The number of hydrogen-bond acceptors (Lipinski definition) is 5. The van der Waals surface area contributed by atoms with Gasteiger partial charge in [-0.05, 0) is 42.0 Å². The minimum Gasteiger partial charge on any atom is -0.507 e. The molecule has 3 rings (SSSR count). The van der Waals surface area contributed by atoms with E-state index in [2.05, 4.69) is 22.7 Å². The van der Waals surface area contributed by atoms with Crippen LogP contribution in [0.3, 0.4) is 0 Å². The van der Waals surface area contributed by atoms with Gasteiger partial charge in [0.2, 0.25) is 5.91 Å². The summed E-state index contributed by atoms with van der Waals surface area (Å²) in [5, 5.41) is 14.5. The molecule has 0 aliphatic heterocycles. The Morgan fingerprint density at radius 3 is 2.40 bits per heavy atom. The van der Waals surface area contributed by atoms with Gasteiger partial charge in [-0.25, -0.2) is 0 Å². The molecule has 0 aromatic heterocycles. The van der Waals surface area contributed by atoms with Crippen LogP contribution in [0.25, 0.3) is 10.8 Å². The normalized spacial score (nSPS) is 10.3. The van der Waals surface area contributed by atoms with Crippen molar-refractivity contribution in [1.82, 2.24) is 10.9 Å². The molecule has 0 spiro atoms. The Morgan fingerprint density at radius 2 is 1.67 bits per heavy atom. The lowest BCUT2D eigenvalue weighted by Crippen LogP contribution is -2.37. The van der Waals surface area contributed by atoms with Crippen molar-refractivity contribution in [3.63, 3.8) is 0 Å². The summed E-state index contributed by atoms with van der Waals surface area (Å²) in [7, 11) is 0. The number of phenolic OH excluding ortho intramolecular Hbond substituents is 1. The van der Waals surface area contributed by atoms with E-state index >= 15 is 0 Å². The van der Waals surface area contributed by atoms with E-state index in [1.807, 2.05) is 37.3 Å². The molecule has 0 atom stereocenters. The number of carbonyl (C=O) groups is 2. The van der Waals surface area contributed by atoms with Crippen LogP contribution < -0.4 is 20.9 Å². The zero-order valence-electron chi connectivity index (χ0n) is 16.6. The molecule has 0 aliphatic carbocycles. The molecular formula is C23H23N3O4. The Labute approximate surface area is 174 Å². The van der Waals surface area contributed by atoms with Crippen LogP contribution in [-0.4, -0.2) is 23.5 Å². The zero-order valence-corrected chi connectivity index (χ0v) is 16.6. The predicted molar refractivity (Wildman–Crippen MR) is 116 cm³/mol. The number of phenols is 1. The number of amides is 2. The number of fused-ring (bicyclic) bond motifs is 1. The minimum atomic E-state index is -0.540. The highest BCUT2D eigenvalue weighted by atomic mass is 16.5. The van der Waals surface area contributed by atoms with E-state index in [1.54, 1.807) is 24.3 Å². The van der Waals surface area contributed by atoms with Crippen LogP contribution in [0, 0.1) is 0 Å². The largest absolute Gasteiger partial charge is 0.507 e. The molecule has 30 heavy (non-hydrogen) atoms. The molecule has 0 saturated carbocycles. The molecule has 0 bridgehead atoms. The number of carbonyl (C=O) groups excluding carboxylic acids is 2. The first kappa shape index (κ1) is 20.7. The fourth-order valence-electron chi connectivity index (χ4n) is 2.91. The minimum absolute atomic E-state index is 0.0650. The summed E-state index contributed by atoms with van der Waals surface area (Å²) in [6.07, 6.45) is -0.0650. The van der Waals surface area contributed by atoms with Crippen molar-refractivity contribution in [2.45, 2.75) is 13.3 Å². The summed E-state index contributed by atoms with van der Waals surface area (Å²) in [6, 6.07) is 17.6. The third-order valence-electron chi connectivity index (χ3n) is 4.30. The monoisotopic (exact) mass is 405 g/mol. The molecule has 0 unspecified atom stereocenters. The van der Waals surface area contributed by atoms with Gasteiger partial charge < -0.3 is 20.6 Å². The maximum absolute atomic E-state index is 12.4. The van der Waals surface area contributed by atoms with E-state index in [-0.39, 0.29) is 29.3 Å². The van der Waals surface area contributed by atoms with Crippen molar-refractivity contribution in [2.24, 2.45) is 0 Å². The molecule has 154 valence electrons. The first-order valence-corrected chi connectivity index (χ1v) is 9.45. The first-order chi connectivity index (χ1) is 14.5. The lowest BCUT2D eigenvalue weighted by Gasteiger charge is -2.14. The van der Waals surface area contributed by atoms with Crippen molar-refractivity contribution < 1.29 is 19.4 Å². The van der Waals surface area contributed by atoms with Crippen LogP contribution in [0.2, 0.25) is 0 Å². The average molecular weight is 405 g/mol. The van der Waals surface area contributed by atoms with Gasteiger partial charge in [0.05, 0.1) is 24.3 Å². The summed E-state index contributed by atoms with van der Waals surface area (Å²) < 4.78 is 5.48. The molecule has 0 fully saturated rings. The maximum Gasteiger partial charge on any atom is 0.273 e. The highest BCUT2D eigenvalue weighted by Gasteiger charge is 2.14. The van der Waals surface area contributed by atoms with Gasteiger partial charge in [0.1, 0.15) is 11.5 Å². The van der Waals surface area contributed by atoms with Crippen molar-refractivity contribution in [1.29, 1.82) is 0 Å². The van der Waals surface area contributed by atoms with Crippen LogP contribution >= 0.6 is 0 Å². The summed E-state index contributed by atoms with van der Waals surface area (Å²) >= 11 is 0. The Balaban J connectivity index is 1.56. The standard InChI is InChI=1S/C23H23N3O4/c1-3-30-21-11-7-6-10-19(21)24-22(28)12-15(2)25-26-23(29)18-13-16-8-4-5-9-17(16)14-20(18)27/h4-11,13-14,25,27H,2-3,12H2,1H3,(H,24,28)(H,26,29). The molecular weight excluding hydrogens is 382 g/mol. The number of hydrogen-bond donors (Lipinski definition) is 4. The second-order valence-corrected chi connectivity index (χ2v) is 6.55. The molecule has 3 aromatic carbocycles. The third kappa shape index (κ3) is 5.08. The van der Waals surface area contributed by atoms with E-state index in [1.165, 1.54) is 6.07 Å². The van der Waals surface area contributed by atoms with Crippen molar-refractivity contribution >= 4 is 28.3 Å². The van der Waals surface area contributed by atoms with Gasteiger partial charge in [0.15, 0.2) is 0 Å². The number of ether oxygens (including phenoxy) is 1. The Kier molecular flexibility index (Phi) is 6.54. The van der Waals surface area contributed by atoms with Gasteiger partial charge in [-0.3, -0.25) is 15.0 Å². The Morgan fingerprint density at radius 1 is 1.00 bits per heavy atom. The highest BCUT2D eigenvalue weighted by Crippen LogP contribution is 2.25. The maximum atomic E-state index is 12.4. The fourth-order valence-corrected chi connectivity index (χ4v) is 2.91. The number of nitrogens with one attached hydrogen (secondary N) is 3. The molecule has 3 aromatic rings. The third-order valence-corrected chi connectivity index (χ3v) is 4.30. The van der Waals surface area contributed by atoms with Crippen molar-refractivity contribution in [3.05, 3.63) is 78.5 Å². The van der Waals surface area contributed by atoms with Crippen molar-refractivity contribution in [3.8, 4) is 11.5 Å². The summed E-state index contributed by atoms with van der Waals surface area (Å²) in [5.74, 6) is -0.417. The predicted octanol–water partition coefficient (Wildman–Crippen LogP) is 3.72. The van der Waals surface area contributed by atoms with Crippen LogP contribution in [0.15, 0.2) is 72.9 Å². The van der Waals surface area contributed by atoms with Crippen molar-refractivity contribution in [2.75, 3.05) is 11.9 Å². The number of hydrazine groups is 1. The Bertz CT molecular complexity index is 1090. The number of rotatable bonds is 8. The fraction of sp³-hybridized carbons (Fsp3) is 0.130. The van der Waals surface area contributed by atoms with Crippen LogP contribution in [-0.2, 0) is 4.79 Å². The molecule has 7 heteroatoms. The molecule has 0 radical (unpaired) electrons. The number of para-hydroxylation sites is 2. The molecule has 4 N–H and O–H groups in total. The molecule has 0 aliphatic rings. The van der Waals surface area contributed by atoms with E-state index < -0.39 is 5.91 Å². The van der Waals surface area contributed by atoms with Crippen LogP contribution in [0.5, 0.6) is 11.5 Å². The van der Waals surface area contributed by atoms with Gasteiger partial charge in [-0.1, -0.05) is 43.0 Å². The topological polar surface area (TPSA) is 99.7 Å². The molecule has 0 saturated heterocycles. The smallest absolute Gasteiger partial charge is 0.273 e. The van der Waals surface area contributed by atoms with Gasteiger partial charge in [-0.2, -0.15) is 0 Å². The second kappa shape index (κ2) is 9.47. The van der Waals surface area contributed by atoms with Gasteiger partial charge in [0, 0.05) is 5.70 Å². The SMILES string of the molecule is C=C(CC(=O)Nc1ccccc1OCC)NNC(=O)c1cc2ccccc2cc1O. The number of benzene rings is 3. The Hall–Kier alpha value is -4.00. The highest BCUT2D eigenvalue weighted by molar-refractivity contribution is 6.01. The first-order valence-electron chi connectivity index (χ1n) is 9.45. The zero-order chi connectivity index (χ0) is 21.5. The van der Waals surface area contributed by atoms with E-state index in [0.29, 0.717) is 18.0 Å². The van der Waals surface area contributed by atoms with E-state index in [0.717, 1.165) is 10.8 Å². The quantitative estimate of drug-likeness (QED) is 0.428. The van der Waals surface area contributed by atoms with Gasteiger partial charge in [0.25, 0.3) is 5.91 Å². The van der Waals surface area contributed by atoms with Gasteiger partial charge >= 0.3 is 0 Å². The second-order valence-electron chi connectivity index (χ2n) is 6.55. The number of aromatic hydroxyl groups is 1. The summed E-state index contributed by atoms with van der Waals surface area (Å²) in [4.78, 5) is 24.7. The summed E-state index contributed by atoms with van der Waals surface area (Å²) in [5.41, 5.74) is 6.03. The number of anilines is 1. The van der Waals surface area contributed by atoms with Crippen LogP contribution in [0.1, 0.15) is 23.7 Å². The molecule has 2 amide bonds. The lowest BCUT2D eigenvalue weighted by atomic mass is 10.1. The van der Waals surface area contributed by atoms with E-state index in [9.17, 15) is 14.7 Å². The molecule has 7 nitrogen and oxygen atoms in total.